The van der Waals surface area contributed by atoms with Gasteiger partial charge in [0.05, 0.1) is 0 Å². The molecular weight excluding hydrogens is 386 g/mol. The van der Waals surface area contributed by atoms with E-state index in [1.807, 2.05) is 43.3 Å². The molecule has 20 heavy (non-hydrogen) atoms. The van der Waals surface area contributed by atoms with Crippen molar-refractivity contribution in [2.24, 2.45) is 0 Å². The monoisotopic (exact) mass is 397 g/mol. The largest absolute Gasteiger partial charge is 0.479 e. The summed E-state index contributed by atoms with van der Waals surface area (Å²) in [4.78, 5) is 11.5. The van der Waals surface area contributed by atoms with Gasteiger partial charge in [-0.1, -0.05) is 50.1 Å². The molecule has 0 aliphatic heterocycles. The van der Waals surface area contributed by atoms with Crippen molar-refractivity contribution in [1.82, 2.24) is 0 Å². The molecule has 0 fully saturated rings. The molecule has 0 amide bonds. The van der Waals surface area contributed by atoms with Gasteiger partial charge in [-0.05, 0) is 42.3 Å². The van der Waals surface area contributed by atoms with Crippen LogP contribution in [-0.4, -0.2) is 11.1 Å². The van der Waals surface area contributed by atoms with Crippen LogP contribution in [0.1, 0.15) is 17.2 Å². The quantitative estimate of drug-likeness (QED) is 0.780. The zero-order chi connectivity index (χ0) is 14.7. The average Bonchev–Trinajstić information content (AvgIpc) is 2.39. The Morgan fingerprint density at radius 2 is 1.95 bits per heavy atom. The molecule has 0 aromatic heterocycles. The molecule has 0 aliphatic carbocycles. The van der Waals surface area contributed by atoms with Gasteiger partial charge < -0.3 is 10.4 Å². The van der Waals surface area contributed by atoms with Crippen LogP contribution in [0.15, 0.2) is 51.4 Å². The molecule has 1 unspecified atom stereocenters. The molecule has 0 spiro atoms. The molecule has 0 heterocycles. The van der Waals surface area contributed by atoms with Crippen LogP contribution >= 0.6 is 31.9 Å². The van der Waals surface area contributed by atoms with Gasteiger partial charge in [-0.3, -0.25) is 0 Å². The number of nitrogens with one attached hydrogen (secondary N) is 1. The number of hydrogen-bond acceptors (Lipinski definition) is 2. The number of halogens is 2. The fraction of sp³-hybridized carbons (Fsp3) is 0.133. The SMILES string of the molecule is Cc1cc(C(Nc2cccc(Br)c2)C(=O)O)ccc1Br. The van der Waals surface area contributed by atoms with Gasteiger partial charge in [0.15, 0.2) is 6.04 Å². The minimum atomic E-state index is -0.910. The van der Waals surface area contributed by atoms with Gasteiger partial charge in [0.2, 0.25) is 0 Å². The lowest BCUT2D eigenvalue weighted by atomic mass is 10.0. The van der Waals surface area contributed by atoms with E-state index < -0.39 is 12.0 Å². The van der Waals surface area contributed by atoms with Crippen molar-refractivity contribution >= 4 is 43.5 Å². The molecule has 2 rings (SSSR count). The summed E-state index contributed by atoms with van der Waals surface area (Å²) < 4.78 is 1.87. The first kappa shape index (κ1) is 15.1. The molecule has 2 N–H and O–H groups in total. The minimum Gasteiger partial charge on any atom is -0.479 e. The lowest BCUT2D eigenvalue weighted by molar-refractivity contribution is -0.138. The molecule has 0 aliphatic rings. The number of rotatable bonds is 4. The van der Waals surface area contributed by atoms with Crippen molar-refractivity contribution in [2.45, 2.75) is 13.0 Å². The number of hydrogen-bond donors (Lipinski definition) is 2. The van der Waals surface area contributed by atoms with Gasteiger partial charge in [0.25, 0.3) is 0 Å². The maximum absolute atomic E-state index is 11.5. The van der Waals surface area contributed by atoms with Gasteiger partial charge in [0, 0.05) is 14.6 Å². The maximum atomic E-state index is 11.5. The third-order valence-electron chi connectivity index (χ3n) is 2.90. The standard InChI is InChI=1S/C15H13Br2NO2/c1-9-7-10(5-6-13(9)17)14(15(19)20)18-12-4-2-3-11(16)8-12/h2-8,14,18H,1H3,(H,19,20). The van der Waals surface area contributed by atoms with Crippen LogP contribution in [0.2, 0.25) is 0 Å². The molecule has 0 saturated heterocycles. The van der Waals surface area contributed by atoms with Crippen molar-refractivity contribution in [1.29, 1.82) is 0 Å². The highest BCUT2D eigenvalue weighted by atomic mass is 79.9. The van der Waals surface area contributed by atoms with E-state index in [1.54, 1.807) is 6.07 Å². The van der Waals surface area contributed by atoms with Crippen LogP contribution in [0.3, 0.4) is 0 Å². The number of carbonyl (C=O) groups is 1. The van der Waals surface area contributed by atoms with Crippen molar-refractivity contribution < 1.29 is 9.90 Å². The van der Waals surface area contributed by atoms with Crippen molar-refractivity contribution in [2.75, 3.05) is 5.32 Å². The first-order valence-corrected chi connectivity index (χ1v) is 7.57. The van der Waals surface area contributed by atoms with Gasteiger partial charge >= 0.3 is 5.97 Å². The fourth-order valence-corrected chi connectivity index (χ4v) is 2.53. The molecule has 5 heteroatoms. The zero-order valence-electron chi connectivity index (χ0n) is 10.7. The van der Waals surface area contributed by atoms with E-state index in [-0.39, 0.29) is 0 Å². The van der Waals surface area contributed by atoms with Crippen molar-refractivity contribution in [3.05, 3.63) is 62.5 Å². The van der Waals surface area contributed by atoms with E-state index in [4.69, 9.17) is 0 Å². The Labute approximate surface area is 134 Å². The molecule has 2 aromatic carbocycles. The summed E-state index contributed by atoms with van der Waals surface area (Å²) >= 11 is 6.79. The molecule has 0 bridgehead atoms. The summed E-state index contributed by atoms with van der Waals surface area (Å²) in [6.45, 7) is 1.94. The van der Waals surface area contributed by atoms with Gasteiger partial charge in [-0.2, -0.15) is 0 Å². The summed E-state index contributed by atoms with van der Waals surface area (Å²) in [6.07, 6.45) is 0. The first-order valence-electron chi connectivity index (χ1n) is 5.98. The number of benzene rings is 2. The fourth-order valence-electron chi connectivity index (χ4n) is 1.88. The predicted octanol–water partition coefficient (Wildman–Crippen LogP) is 4.76. The summed E-state index contributed by atoms with van der Waals surface area (Å²) in [6, 6.07) is 12.2. The third kappa shape index (κ3) is 3.61. The van der Waals surface area contributed by atoms with Crippen molar-refractivity contribution in [3.8, 4) is 0 Å². The topological polar surface area (TPSA) is 49.3 Å². The highest BCUT2D eigenvalue weighted by Gasteiger charge is 2.20. The van der Waals surface area contributed by atoms with E-state index in [0.29, 0.717) is 0 Å². The van der Waals surface area contributed by atoms with Gasteiger partial charge in [0.1, 0.15) is 0 Å². The second-order valence-electron chi connectivity index (χ2n) is 4.43. The maximum Gasteiger partial charge on any atom is 0.330 e. The third-order valence-corrected chi connectivity index (χ3v) is 4.28. The Hall–Kier alpha value is -1.33. The predicted molar refractivity (Wildman–Crippen MR) is 87.0 cm³/mol. The van der Waals surface area contributed by atoms with E-state index in [2.05, 4.69) is 37.2 Å². The second-order valence-corrected chi connectivity index (χ2v) is 6.20. The Kier molecular flexibility index (Phi) is 4.83. The molecule has 2 aromatic rings. The summed E-state index contributed by atoms with van der Waals surface area (Å²) in [7, 11) is 0. The van der Waals surface area contributed by atoms with E-state index >= 15 is 0 Å². The van der Waals surface area contributed by atoms with Crippen LogP contribution in [0, 0.1) is 6.92 Å². The second kappa shape index (κ2) is 6.41. The number of carboxylic acid groups (broad SMARTS) is 1. The van der Waals surface area contributed by atoms with E-state index in [9.17, 15) is 9.90 Å². The van der Waals surface area contributed by atoms with Crippen LogP contribution in [0.4, 0.5) is 5.69 Å². The highest BCUT2D eigenvalue weighted by molar-refractivity contribution is 9.10. The number of aliphatic carboxylic acids is 1. The Morgan fingerprint density at radius 1 is 1.20 bits per heavy atom. The molecule has 0 radical (unpaired) electrons. The summed E-state index contributed by atoms with van der Waals surface area (Å²) in [5.74, 6) is -0.910. The summed E-state index contributed by atoms with van der Waals surface area (Å²) in [5.41, 5.74) is 2.48. The number of aryl methyl sites for hydroxylation is 1. The van der Waals surface area contributed by atoms with Crippen molar-refractivity contribution in [3.63, 3.8) is 0 Å². The number of anilines is 1. The molecule has 3 nitrogen and oxygen atoms in total. The van der Waals surface area contributed by atoms with Gasteiger partial charge in [-0.15, -0.1) is 0 Å². The van der Waals surface area contributed by atoms with Crippen LogP contribution < -0.4 is 5.32 Å². The van der Waals surface area contributed by atoms with Crippen LogP contribution in [-0.2, 0) is 4.79 Å². The highest BCUT2D eigenvalue weighted by Crippen LogP contribution is 2.25. The molecular formula is C15H13Br2NO2. The lowest BCUT2D eigenvalue weighted by Gasteiger charge is -2.17. The lowest BCUT2D eigenvalue weighted by Crippen LogP contribution is -2.20. The van der Waals surface area contributed by atoms with Crippen LogP contribution in [0.25, 0.3) is 0 Å². The molecule has 1 atom stereocenters. The Bertz CT molecular complexity index is 644. The average molecular weight is 399 g/mol. The zero-order valence-corrected chi connectivity index (χ0v) is 13.9. The number of carboxylic acids is 1. The smallest absolute Gasteiger partial charge is 0.330 e. The van der Waals surface area contributed by atoms with Gasteiger partial charge in [-0.25, -0.2) is 4.79 Å². The first-order chi connectivity index (χ1) is 9.47. The van der Waals surface area contributed by atoms with Crippen LogP contribution in [0.5, 0.6) is 0 Å². The van der Waals surface area contributed by atoms with E-state index in [1.165, 1.54) is 0 Å². The molecule has 104 valence electrons. The Morgan fingerprint density at radius 3 is 2.55 bits per heavy atom. The Balaban J connectivity index is 2.32. The normalized spacial score (nSPS) is 11.9. The van der Waals surface area contributed by atoms with E-state index in [0.717, 1.165) is 25.8 Å². The molecule has 0 saturated carbocycles. The summed E-state index contributed by atoms with van der Waals surface area (Å²) in [5, 5.41) is 12.5. The minimum absolute atomic E-state index is 0.721.